The van der Waals surface area contributed by atoms with E-state index in [-0.39, 0.29) is 11.8 Å². The van der Waals surface area contributed by atoms with Crippen molar-refractivity contribution in [3.05, 3.63) is 57.6 Å². The van der Waals surface area contributed by atoms with Crippen LogP contribution in [0.25, 0.3) is 0 Å². The van der Waals surface area contributed by atoms with Crippen LogP contribution in [-0.4, -0.2) is 50.1 Å². The number of hydrogen-bond acceptors (Lipinski definition) is 4. The maximum atomic E-state index is 12.9. The average Bonchev–Trinajstić information content (AvgIpc) is 3.22. The van der Waals surface area contributed by atoms with Crippen LogP contribution in [0, 0.1) is 0 Å². The third-order valence-corrected chi connectivity index (χ3v) is 5.55. The van der Waals surface area contributed by atoms with Gasteiger partial charge in [-0.05, 0) is 49.1 Å². The molecule has 1 aliphatic rings. The number of rotatable bonds is 7. The molecule has 0 radical (unpaired) electrons. The van der Waals surface area contributed by atoms with E-state index in [4.69, 9.17) is 32.7 Å². The van der Waals surface area contributed by atoms with E-state index in [0.717, 1.165) is 12.0 Å². The predicted octanol–water partition coefficient (Wildman–Crippen LogP) is 3.97. The van der Waals surface area contributed by atoms with Crippen LogP contribution >= 0.6 is 23.2 Å². The van der Waals surface area contributed by atoms with E-state index in [1.54, 1.807) is 37.3 Å². The van der Waals surface area contributed by atoms with E-state index in [9.17, 15) is 9.59 Å². The van der Waals surface area contributed by atoms with Crippen molar-refractivity contribution in [2.24, 2.45) is 0 Å². The lowest BCUT2D eigenvalue weighted by Crippen LogP contribution is -2.46. The van der Waals surface area contributed by atoms with Gasteiger partial charge in [-0.25, -0.2) is 0 Å². The Hall–Kier alpha value is -2.44. The number of nitrogens with zero attached hydrogens (tertiary/aromatic N) is 1. The summed E-state index contributed by atoms with van der Waals surface area (Å²) in [6.45, 7) is 0.955. The molecule has 8 heteroatoms. The van der Waals surface area contributed by atoms with Crippen molar-refractivity contribution in [3.63, 3.8) is 0 Å². The molecule has 0 aromatic heterocycles. The zero-order chi connectivity index (χ0) is 21.7. The summed E-state index contributed by atoms with van der Waals surface area (Å²) in [7, 11) is 3.20. The fourth-order valence-electron chi connectivity index (χ4n) is 3.62. The van der Waals surface area contributed by atoms with E-state index in [2.05, 4.69) is 5.32 Å². The van der Waals surface area contributed by atoms with Gasteiger partial charge in [0.05, 0.1) is 14.2 Å². The number of carbonyl (C=O) groups is 2. The normalized spacial score (nSPS) is 15.7. The first-order chi connectivity index (χ1) is 14.4. The van der Waals surface area contributed by atoms with Crippen LogP contribution < -0.4 is 14.8 Å². The lowest BCUT2D eigenvalue weighted by molar-refractivity contribution is -0.124. The highest BCUT2D eigenvalue weighted by Gasteiger charge is 2.34. The molecular weight excluding hydrogens is 427 g/mol. The lowest BCUT2D eigenvalue weighted by Gasteiger charge is -2.24. The lowest BCUT2D eigenvalue weighted by atomic mass is 10.1. The number of ether oxygens (including phenoxy) is 2. The summed E-state index contributed by atoms with van der Waals surface area (Å²) in [6, 6.07) is 9.78. The zero-order valence-corrected chi connectivity index (χ0v) is 18.4. The van der Waals surface area contributed by atoms with Crippen molar-refractivity contribution < 1.29 is 19.1 Å². The van der Waals surface area contributed by atoms with Gasteiger partial charge in [-0.15, -0.1) is 0 Å². The second kappa shape index (κ2) is 10.0. The first-order valence-electron chi connectivity index (χ1n) is 9.68. The van der Waals surface area contributed by atoms with Crippen molar-refractivity contribution in [1.29, 1.82) is 0 Å². The van der Waals surface area contributed by atoms with Gasteiger partial charge >= 0.3 is 0 Å². The fourth-order valence-corrected chi connectivity index (χ4v) is 4.15. The molecule has 0 bridgehead atoms. The molecule has 0 spiro atoms. The number of hydrogen-bond donors (Lipinski definition) is 1. The monoisotopic (exact) mass is 450 g/mol. The summed E-state index contributed by atoms with van der Waals surface area (Å²) >= 11 is 12.0. The standard InChI is InChI=1S/C22H24Cl2N2O4/c1-29-18-6-5-14(20(13-18)30-2)7-8-25-21(27)19-4-3-9-26(19)22(28)15-10-16(23)12-17(24)11-15/h5-6,10-13,19H,3-4,7-9H2,1-2H3,(H,25,27). The summed E-state index contributed by atoms with van der Waals surface area (Å²) in [5.41, 5.74) is 1.35. The molecule has 0 saturated carbocycles. The Morgan fingerprint density at radius 3 is 2.50 bits per heavy atom. The van der Waals surface area contributed by atoms with Crippen molar-refractivity contribution in [2.75, 3.05) is 27.3 Å². The molecule has 2 amide bonds. The Kier molecular flexibility index (Phi) is 7.45. The predicted molar refractivity (Wildman–Crippen MR) is 117 cm³/mol. The molecule has 1 aliphatic heterocycles. The first kappa shape index (κ1) is 22.2. The van der Waals surface area contributed by atoms with E-state index < -0.39 is 6.04 Å². The molecule has 1 heterocycles. The van der Waals surface area contributed by atoms with Gasteiger partial charge in [0.2, 0.25) is 5.91 Å². The topological polar surface area (TPSA) is 67.9 Å². The summed E-state index contributed by atoms with van der Waals surface area (Å²) < 4.78 is 10.6. The van der Waals surface area contributed by atoms with Gasteiger partial charge in [-0.3, -0.25) is 9.59 Å². The Balaban J connectivity index is 1.61. The van der Waals surface area contributed by atoms with Crippen LogP contribution in [0.3, 0.4) is 0 Å². The van der Waals surface area contributed by atoms with Crippen LogP contribution in [0.1, 0.15) is 28.8 Å². The van der Waals surface area contributed by atoms with Gasteiger partial charge in [-0.2, -0.15) is 0 Å². The van der Waals surface area contributed by atoms with Crippen molar-refractivity contribution >= 4 is 35.0 Å². The maximum Gasteiger partial charge on any atom is 0.254 e. The zero-order valence-electron chi connectivity index (χ0n) is 16.9. The molecule has 6 nitrogen and oxygen atoms in total. The molecule has 1 atom stereocenters. The third-order valence-electron chi connectivity index (χ3n) is 5.11. The molecule has 160 valence electrons. The minimum atomic E-state index is -0.506. The SMILES string of the molecule is COc1ccc(CCNC(=O)C2CCCN2C(=O)c2cc(Cl)cc(Cl)c2)c(OC)c1. The molecule has 1 unspecified atom stereocenters. The highest BCUT2D eigenvalue weighted by Crippen LogP contribution is 2.26. The Bertz CT molecular complexity index is 915. The largest absolute Gasteiger partial charge is 0.497 e. The van der Waals surface area contributed by atoms with Gasteiger partial charge < -0.3 is 19.7 Å². The molecule has 2 aromatic rings. The van der Waals surface area contributed by atoms with Crippen LogP contribution in [0.15, 0.2) is 36.4 Å². The number of halogens is 2. The average molecular weight is 451 g/mol. The van der Waals surface area contributed by atoms with E-state index >= 15 is 0 Å². The third kappa shape index (κ3) is 5.18. The quantitative estimate of drug-likeness (QED) is 0.692. The molecular formula is C22H24Cl2N2O4. The van der Waals surface area contributed by atoms with Gasteiger partial charge in [0, 0.05) is 34.8 Å². The summed E-state index contributed by atoms with van der Waals surface area (Å²) in [5.74, 6) is 1.01. The van der Waals surface area contributed by atoms with Crippen LogP contribution in [0.4, 0.5) is 0 Å². The highest BCUT2D eigenvalue weighted by molar-refractivity contribution is 6.35. The van der Waals surface area contributed by atoms with E-state index in [0.29, 0.717) is 53.0 Å². The Morgan fingerprint density at radius 1 is 1.10 bits per heavy atom. The van der Waals surface area contributed by atoms with E-state index in [1.807, 2.05) is 18.2 Å². The molecule has 1 fully saturated rings. The van der Waals surface area contributed by atoms with Gasteiger partial charge in [0.1, 0.15) is 17.5 Å². The molecule has 3 rings (SSSR count). The highest BCUT2D eigenvalue weighted by atomic mass is 35.5. The minimum Gasteiger partial charge on any atom is -0.497 e. The van der Waals surface area contributed by atoms with Crippen molar-refractivity contribution in [2.45, 2.75) is 25.3 Å². The molecule has 30 heavy (non-hydrogen) atoms. The number of methoxy groups -OCH3 is 2. The molecule has 2 aromatic carbocycles. The van der Waals surface area contributed by atoms with Crippen molar-refractivity contribution in [1.82, 2.24) is 10.2 Å². The Morgan fingerprint density at radius 2 is 1.83 bits per heavy atom. The minimum absolute atomic E-state index is 0.165. The van der Waals surface area contributed by atoms with Gasteiger partial charge in [0.15, 0.2) is 0 Å². The summed E-state index contributed by atoms with van der Waals surface area (Å²) in [6.07, 6.45) is 1.99. The number of nitrogens with one attached hydrogen (secondary N) is 1. The number of carbonyl (C=O) groups excluding carboxylic acids is 2. The second-order valence-electron chi connectivity index (χ2n) is 7.03. The van der Waals surface area contributed by atoms with Crippen LogP contribution in [-0.2, 0) is 11.2 Å². The van der Waals surface area contributed by atoms with Crippen LogP contribution in [0.5, 0.6) is 11.5 Å². The fraction of sp³-hybridized carbons (Fsp3) is 0.364. The summed E-state index contributed by atoms with van der Waals surface area (Å²) in [5, 5.41) is 3.72. The second-order valence-corrected chi connectivity index (χ2v) is 7.91. The molecule has 0 aliphatic carbocycles. The molecule has 1 N–H and O–H groups in total. The van der Waals surface area contributed by atoms with Crippen molar-refractivity contribution in [3.8, 4) is 11.5 Å². The maximum absolute atomic E-state index is 12.9. The van der Waals surface area contributed by atoms with Gasteiger partial charge in [-0.1, -0.05) is 29.3 Å². The van der Waals surface area contributed by atoms with Crippen LogP contribution in [0.2, 0.25) is 10.0 Å². The smallest absolute Gasteiger partial charge is 0.254 e. The number of benzene rings is 2. The molecule has 1 saturated heterocycles. The Labute approximate surface area is 186 Å². The van der Waals surface area contributed by atoms with Gasteiger partial charge in [0.25, 0.3) is 5.91 Å². The summed E-state index contributed by atoms with van der Waals surface area (Å²) in [4.78, 5) is 27.3. The first-order valence-corrected chi connectivity index (χ1v) is 10.4. The number of likely N-dealkylation sites (tertiary alicyclic amines) is 1. The number of amides is 2. The van der Waals surface area contributed by atoms with E-state index in [1.165, 1.54) is 0 Å².